The summed E-state index contributed by atoms with van der Waals surface area (Å²) in [4.78, 5) is 0. The highest BCUT2D eigenvalue weighted by molar-refractivity contribution is 5.36. The topological polar surface area (TPSA) is 46.2 Å². The molecule has 0 radical (unpaired) electrons. The van der Waals surface area contributed by atoms with E-state index in [0.29, 0.717) is 11.7 Å². The lowest BCUT2D eigenvalue weighted by molar-refractivity contribution is 0.475. The van der Waals surface area contributed by atoms with Gasteiger partial charge in [0.05, 0.1) is 0 Å². The zero-order chi connectivity index (χ0) is 12.6. The van der Waals surface area contributed by atoms with E-state index in [-0.39, 0.29) is 5.54 Å². The van der Waals surface area contributed by atoms with Gasteiger partial charge in [-0.15, -0.1) is 0 Å². The Morgan fingerprint density at radius 3 is 2.39 bits per heavy atom. The van der Waals surface area contributed by atoms with Crippen molar-refractivity contribution in [1.29, 1.82) is 0 Å². The molecular weight excluding hydrogens is 222 g/mol. The number of phenols is 1. The van der Waals surface area contributed by atoms with E-state index < -0.39 is 0 Å². The van der Waals surface area contributed by atoms with Gasteiger partial charge in [-0.25, -0.2) is 0 Å². The molecule has 2 nitrogen and oxygen atoms in total. The second-order valence-corrected chi connectivity index (χ2v) is 5.24. The van der Waals surface area contributed by atoms with Gasteiger partial charge in [0.25, 0.3) is 0 Å². The fourth-order valence-electron chi connectivity index (χ4n) is 2.65. The second-order valence-electron chi connectivity index (χ2n) is 5.24. The number of aromatic hydroxyl groups is 1. The molecule has 3 rings (SSSR count). The second kappa shape index (κ2) is 4.14. The molecule has 2 unspecified atom stereocenters. The van der Waals surface area contributed by atoms with E-state index in [2.05, 4.69) is 24.3 Å². The molecular formula is C16H17NO. The quantitative estimate of drug-likeness (QED) is 0.865. The van der Waals surface area contributed by atoms with Gasteiger partial charge in [0.15, 0.2) is 0 Å². The molecule has 2 aromatic rings. The summed E-state index contributed by atoms with van der Waals surface area (Å²) >= 11 is 0. The van der Waals surface area contributed by atoms with Crippen LogP contribution in [0.5, 0.6) is 5.75 Å². The van der Waals surface area contributed by atoms with Crippen molar-refractivity contribution < 1.29 is 5.11 Å². The summed E-state index contributed by atoms with van der Waals surface area (Å²) in [7, 11) is 0. The largest absolute Gasteiger partial charge is 0.508 e. The first-order chi connectivity index (χ1) is 8.67. The van der Waals surface area contributed by atoms with E-state index in [1.807, 2.05) is 18.2 Å². The number of nitrogens with two attached hydrogens (primary N) is 1. The van der Waals surface area contributed by atoms with Crippen LogP contribution < -0.4 is 5.73 Å². The van der Waals surface area contributed by atoms with Crippen molar-refractivity contribution in [2.75, 3.05) is 0 Å². The first kappa shape index (κ1) is 11.3. The zero-order valence-corrected chi connectivity index (χ0v) is 10.2. The first-order valence-electron chi connectivity index (χ1n) is 6.29. The number of rotatable bonds is 3. The van der Waals surface area contributed by atoms with Crippen LogP contribution in [0.25, 0.3) is 0 Å². The van der Waals surface area contributed by atoms with E-state index in [0.717, 1.165) is 12.8 Å². The van der Waals surface area contributed by atoms with Crippen molar-refractivity contribution >= 4 is 0 Å². The Labute approximate surface area is 107 Å². The number of hydrogen-bond donors (Lipinski definition) is 2. The van der Waals surface area contributed by atoms with E-state index >= 15 is 0 Å². The Balaban J connectivity index is 1.73. The molecule has 1 saturated carbocycles. The summed E-state index contributed by atoms with van der Waals surface area (Å²) in [5.74, 6) is 0.771. The molecule has 18 heavy (non-hydrogen) atoms. The Bertz CT molecular complexity index is 535. The van der Waals surface area contributed by atoms with Crippen LogP contribution >= 0.6 is 0 Å². The Morgan fingerprint density at radius 2 is 1.72 bits per heavy atom. The Hall–Kier alpha value is -1.80. The highest BCUT2D eigenvalue weighted by Gasteiger charge is 2.51. The molecule has 1 aliphatic rings. The van der Waals surface area contributed by atoms with Crippen LogP contribution in [0.2, 0.25) is 0 Å². The van der Waals surface area contributed by atoms with Gasteiger partial charge in [-0.3, -0.25) is 0 Å². The van der Waals surface area contributed by atoms with Crippen LogP contribution in [0.15, 0.2) is 54.6 Å². The fourth-order valence-corrected chi connectivity index (χ4v) is 2.65. The number of phenolic OH excluding ortho intramolecular Hbond substituents is 1. The molecule has 92 valence electrons. The van der Waals surface area contributed by atoms with Gasteiger partial charge in [0.2, 0.25) is 0 Å². The molecule has 2 atom stereocenters. The van der Waals surface area contributed by atoms with Crippen molar-refractivity contribution in [3.8, 4) is 5.75 Å². The number of hydrogen-bond acceptors (Lipinski definition) is 2. The average molecular weight is 239 g/mol. The predicted molar refractivity (Wildman–Crippen MR) is 72.5 cm³/mol. The summed E-state index contributed by atoms with van der Waals surface area (Å²) in [6.07, 6.45) is 1.91. The maximum Gasteiger partial charge on any atom is 0.115 e. The lowest BCUT2D eigenvalue weighted by Crippen LogP contribution is -2.27. The molecule has 1 aliphatic carbocycles. The summed E-state index contributed by atoms with van der Waals surface area (Å²) in [6, 6.07) is 17.8. The molecule has 1 fully saturated rings. The zero-order valence-electron chi connectivity index (χ0n) is 10.2. The van der Waals surface area contributed by atoms with Gasteiger partial charge in [0.1, 0.15) is 5.75 Å². The van der Waals surface area contributed by atoms with Gasteiger partial charge in [0, 0.05) is 11.5 Å². The third-order valence-corrected chi connectivity index (χ3v) is 3.79. The van der Waals surface area contributed by atoms with Gasteiger partial charge in [-0.1, -0.05) is 42.5 Å². The maximum atomic E-state index is 9.27. The minimum atomic E-state index is -0.113. The van der Waals surface area contributed by atoms with Crippen LogP contribution in [0, 0.1) is 0 Å². The fraction of sp³-hybridized carbons (Fsp3) is 0.250. The molecule has 0 aromatic heterocycles. The standard InChI is InChI=1S/C16H17NO/c17-16(10-12-6-8-14(18)9-7-12)11-15(16)13-4-2-1-3-5-13/h1-9,15,18H,10-11,17H2. The SMILES string of the molecule is NC1(Cc2ccc(O)cc2)CC1c1ccccc1. The summed E-state index contributed by atoms with van der Waals surface area (Å²) in [5, 5.41) is 9.27. The third-order valence-electron chi connectivity index (χ3n) is 3.79. The lowest BCUT2D eigenvalue weighted by Gasteiger charge is -2.12. The molecule has 0 saturated heterocycles. The minimum Gasteiger partial charge on any atom is -0.508 e. The summed E-state index contributed by atoms with van der Waals surface area (Å²) < 4.78 is 0. The van der Waals surface area contributed by atoms with Gasteiger partial charge in [-0.05, 0) is 36.1 Å². The molecule has 0 amide bonds. The van der Waals surface area contributed by atoms with Crippen LogP contribution in [0.4, 0.5) is 0 Å². The van der Waals surface area contributed by atoms with Gasteiger partial charge >= 0.3 is 0 Å². The normalized spacial score (nSPS) is 25.9. The van der Waals surface area contributed by atoms with Crippen molar-refractivity contribution in [2.24, 2.45) is 5.73 Å². The molecule has 0 heterocycles. The molecule has 2 aromatic carbocycles. The van der Waals surface area contributed by atoms with Crippen molar-refractivity contribution in [2.45, 2.75) is 24.3 Å². The Kier molecular flexibility index (Phi) is 2.60. The smallest absolute Gasteiger partial charge is 0.115 e. The van der Waals surface area contributed by atoms with Gasteiger partial charge in [-0.2, -0.15) is 0 Å². The van der Waals surface area contributed by atoms with Crippen LogP contribution in [0.1, 0.15) is 23.5 Å². The molecule has 3 N–H and O–H groups in total. The first-order valence-corrected chi connectivity index (χ1v) is 6.29. The van der Waals surface area contributed by atoms with E-state index in [9.17, 15) is 5.11 Å². The van der Waals surface area contributed by atoms with Crippen molar-refractivity contribution in [3.05, 3.63) is 65.7 Å². The van der Waals surface area contributed by atoms with Crippen molar-refractivity contribution in [3.63, 3.8) is 0 Å². The highest BCUT2D eigenvalue weighted by atomic mass is 16.3. The predicted octanol–water partition coefficient (Wildman–Crippen LogP) is 2.82. The number of benzene rings is 2. The van der Waals surface area contributed by atoms with E-state index in [1.165, 1.54) is 11.1 Å². The van der Waals surface area contributed by atoms with Crippen LogP contribution in [-0.4, -0.2) is 10.6 Å². The van der Waals surface area contributed by atoms with Gasteiger partial charge < -0.3 is 10.8 Å². The molecule has 0 aliphatic heterocycles. The monoisotopic (exact) mass is 239 g/mol. The molecule has 0 spiro atoms. The Morgan fingerprint density at radius 1 is 1.06 bits per heavy atom. The van der Waals surface area contributed by atoms with Crippen LogP contribution in [0.3, 0.4) is 0 Å². The van der Waals surface area contributed by atoms with Crippen molar-refractivity contribution in [1.82, 2.24) is 0 Å². The summed E-state index contributed by atoms with van der Waals surface area (Å²) in [5.41, 5.74) is 8.84. The summed E-state index contributed by atoms with van der Waals surface area (Å²) in [6.45, 7) is 0. The minimum absolute atomic E-state index is 0.113. The highest BCUT2D eigenvalue weighted by Crippen LogP contribution is 2.51. The molecule has 0 bridgehead atoms. The maximum absolute atomic E-state index is 9.27. The lowest BCUT2D eigenvalue weighted by atomic mass is 9.99. The van der Waals surface area contributed by atoms with E-state index in [1.54, 1.807) is 12.1 Å². The average Bonchev–Trinajstić information content (AvgIpc) is 3.05. The molecule has 2 heteroatoms. The van der Waals surface area contributed by atoms with Crippen LogP contribution in [-0.2, 0) is 6.42 Å². The van der Waals surface area contributed by atoms with E-state index in [4.69, 9.17) is 5.73 Å². The third kappa shape index (κ3) is 2.12.